The molecule has 0 saturated heterocycles. The number of rotatable bonds is 7. The molecule has 0 aliphatic carbocycles. The fraction of sp³-hybridized carbons (Fsp3) is 0.269. The summed E-state index contributed by atoms with van der Waals surface area (Å²) in [5.41, 5.74) is 0.0425. The van der Waals surface area contributed by atoms with Gasteiger partial charge < -0.3 is 9.47 Å². The van der Waals surface area contributed by atoms with Crippen molar-refractivity contribution in [3.8, 4) is 17.6 Å². The fourth-order valence-electron chi connectivity index (χ4n) is 3.30. The number of carbonyl (C=O) groups excluding carboxylic acids is 1. The maximum absolute atomic E-state index is 13.4. The van der Waals surface area contributed by atoms with Crippen LogP contribution in [0.2, 0.25) is 0 Å². The molecule has 0 bridgehead atoms. The number of methoxy groups -OCH3 is 1. The first kappa shape index (κ1) is 25.8. The van der Waals surface area contributed by atoms with E-state index < -0.39 is 12.0 Å². The molecular formula is C26H24F2N2O4S. The minimum Gasteiger partial charge on any atom is -0.493 e. The third-order valence-corrected chi connectivity index (χ3v) is 6.16. The Morgan fingerprint density at radius 1 is 1.17 bits per heavy atom. The predicted molar refractivity (Wildman–Crippen MR) is 130 cm³/mol. The number of Topliss-reactive ketones (excluding diaryl/α,β-unsaturated/α-hetero) is 1. The van der Waals surface area contributed by atoms with Gasteiger partial charge in [0.25, 0.3) is 5.56 Å². The molecule has 0 fully saturated rings. The monoisotopic (exact) mass is 498 g/mol. The molecule has 6 nitrogen and oxygen atoms in total. The SMILES string of the molecule is COc1cc(C=c2sc(=C(C#N)C(=O)C(C)(C)C)n(Cc3ccccc3)c2=O)ccc1OC(F)F. The summed E-state index contributed by atoms with van der Waals surface area (Å²) in [6, 6.07) is 15.5. The van der Waals surface area contributed by atoms with Crippen molar-refractivity contribution < 1.29 is 23.0 Å². The molecule has 0 radical (unpaired) electrons. The number of nitriles is 1. The summed E-state index contributed by atoms with van der Waals surface area (Å²) in [6.07, 6.45) is 1.56. The molecule has 0 saturated carbocycles. The summed E-state index contributed by atoms with van der Waals surface area (Å²) in [7, 11) is 1.32. The second-order valence-electron chi connectivity index (χ2n) is 8.65. The third-order valence-electron chi connectivity index (χ3n) is 5.03. The first-order valence-electron chi connectivity index (χ1n) is 10.6. The molecule has 0 amide bonds. The molecule has 1 aromatic heterocycles. The Balaban J connectivity index is 2.26. The summed E-state index contributed by atoms with van der Waals surface area (Å²) >= 11 is 1.03. The zero-order valence-corrected chi connectivity index (χ0v) is 20.5. The highest BCUT2D eigenvalue weighted by molar-refractivity contribution is 7.07. The summed E-state index contributed by atoms with van der Waals surface area (Å²) < 4.78 is 36.8. The van der Waals surface area contributed by atoms with Crippen LogP contribution < -0.4 is 24.2 Å². The second kappa shape index (κ2) is 10.7. The molecule has 0 atom stereocenters. The van der Waals surface area contributed by atoms with E-state index in [1.807, 2.05) is 36.4 Å². The number of ketones is 1. The maximum Gasteiger partial charge on any atom is 0.387 e. The molecule has 0 aliphatic heterocycles. The molecule has 0 N–H and O–H groups in total. The van der Waals surface area contributed by atoms with Gasteiger partial charge >= 0.3 is 6.61 Å². The Morgan fingerprint density at radius 3 is 2.43 bits per heavy atom. The van der Waals surface area contributed by atoms with Crippen molar-refractivity contribution in [1.82, 2.24) is 4.57 Å². The number of hydrogen-bond acceptors (Lipinski definition) is 6. The highest BCUT2D eigenvalue weighted by Gasteiger charge is 2.27. The fourth-order valence-corrected chi connectivity index (χ4v) is 4.40. The van der Waals surface area contributed by atoms with Gasteiger partial charge in [-0.1, -0.05) is 57.2 Å². The second-order valence-corrected chi connectivity index (χ2v) is 9.68. The number of nitrogens with zero attached hydrogens (tertiary/aromatic N) is 2. The number of thiazole rings is 1. The molecular weight excluding hydrogens is 474 g/mol. The van der Waals surface area contributed by atoms with E-state index in [0.29, 0.717) is 5.56 Å². The van der Waals surface area contributed by atoms with Gasteiger partial charge in [-0.25, -0.2) is 0 Å². The number of aromatic nitrogens is 1. The van der Waals surface area contributed by atoms with Crippen molar-refractivity contribution in [2.45, 2.75) is 33.9 Å². The normalized spacial score (nSPS) is 12.9. The van der Waals surface area contributed by atoms with Crippen LogP contribution >= 0.6 is 11.3 Å². The van der Waals surface area contributed by atoms with Crippen molar-refractivity contribution in [2.75, 3.05) is 7.11 Å². The molecule has 3 aromatic rings. The highest BCUT2D eigenvalue weighted by Crippen LogP contribution is 2.29. The lowest BCUT2D eigenvalue weighted by Crippen LogP contribution is -2.34. The van der Waals surface area contributed by atoms with E-state index in [-0.39, 0.29) is 44.2 Å². The average Bonchev–Trinajstić information content (AvgIpc) is 3.10. The summed E-state index contributed by atoms with van der Waals surface area (Å²) in [5, 5.41) is 9.85. The van der Waals surface area contributed by atoms with Crippen molar-refractivity contribution in [1.29, 1.82) is 5.26 Å². The Kier molecular flexibility index (Phi) is 7.87. The van der Waals surface area contributed by atoms with Crippen LogP contribution in [-0.4, -0.2) is 24.1 Å². The van der Waals surface area contributed by atoms with Crippen molar-refractivity contribution >= 4 is 28.8 Å². The highest BCUT2D eigenvalue weighted by atomic mass is 32.1. The van der Waals surface area contributed by atoms with E-state index in [4.69, 9.17) is 4.74 Å². The molecule has 2 aromatic carbocycles. The zero-order valence-electron chi connectivity index (χ0n) is 19.7. The Morgan fingerprint density at radius 2 is 1.86 bits per heavy atom. The van der Waals surface area contributed by atoms with Gasteiger partial charge in [0.1, 0.15) is 16.3 Å². The number of hydrogen-bond donors (Lipinski definition) is 0. The molecule has 182 valence electrons. The van der Waals surface area contributed by atoms with Crippen molar-refractivity contribution in [2.24, 2.45) is 5.41 Å². The molecule has 1 heterocycles. The molecule has 3 rings (SSSR count). The molecule has 35 heavy (non-hydrogen) atoms. The standard InChI is InChI=1S/C26H24F2N2O4S/c1-26(2,3)22(31)18(14-29)24-30(15-16-8-6-5-7-9-16)23(32)21(35-24)13-17-10-11-19(34-25(27)28)20(12-17)33-4/h5-13,25H,15H2,1-4H3. The molecule has 0 spiro atoms. The van der Waals surface area contributed by atoms with E-state index >= 15 is 0 Å². The number of ether oxygens (including phenoxy) is 2. The van der Waals surface area contributed by atoms with Crippen LogP contribution in [0.4, 0.5) is 8.78 Å². The van der Waals surface area contributed by atoms with Gasteiger partial charge in [0.15, 0.2) is 17.3 Å². The molecule has 9 heteroatoms. The van der Waals surface area contributed by atoms with Crippen LogP contribution in [-0.2, 0) is 11.3 Å². The minimum atomic E-state index is -3.01. The van der Waals surface area contributed by atoms with Crippen LogP contribution in [0.5, 0.6) is 11.5 Å². The molecule has 0 aliphatic rings. The first-order chi connectivity index (χ1) is 16.5. The Bertz CT molecular complexity index is 1450. The van der Waals surface area contributed by atoms with Crippen molar-refractivity contribution in [3.05, 3.63) is 79.2 Å². The van der Waals surface area contributed by atoms with Gasteiger partial charge in [0.2, 0.25) is 0 Å². The number of alkyl halides is 2. The van der Waals surface area contributed by atoms with E-state index in [9.17, 15) is 23.6 Å². The van der Waals surface area contributed by atoms with Crippen LogP contribution in [0.1, 0.15) is 31.9 Å². The van der Waals surface area contributed by atoms with E-state index in [2.05, 4.69) is 4.74 Å². The first-order valence-corrected chi connectivity index (χ1v) is 11.4. The van der Waals surface area contributed by atoms with E-state index in [1.165, 1.54) is 29.9 Å². The van der Waals surface area contributed by atoms with Gasteiger partial charge in [-0.2, -0.15) is 14.0 Å². The number of benzene rings is 2. The quantitative estimate of drug-likeness (QED) is 0.496. The Labute approximate surface area is 205 Å². The van der Waals surface area contributed by atoms with Gasteiger partial charge in [-0.3, -0.25) is 14.2 Å². The van der Waals surface area contributed by atoms with E-state index in [1.54, 1.807) is 26.8 Å². The van der Waals surface area contributed by atoms with Crippen LogP contribution in [0.15, 0.2) is 53.3 Å². The third kappa shape index (κ3) is 6.03. The van der Waals surface area contributed by atoms with Crippen LogP contribution in [0.25, 0.3) is 11.6 Å². The lowest BCUT2D eigenvalue weighted by molar-refractivity contribution is -0.120. The van der Waals surface area contributed by atoms with E-state index in [0.717, 1.165) is 16.9 Å². The lowest BCUT2D eigenvalue weighted by Gasteiger charge is -2.15. The zero-order chi connectivity index (χ0) is 25.8. The summed E-state index contributed by atoms with van der Waals surface area (Å²) in [5.74, 6) is -0.429. The van der Waals surface area contributed by atoms with Gasteiger partial charge in [0, 0.05) is 5.41 Å². The predicted octanol–water partition coefficient (Wildman–Crippen LogP) is 3.69. The summed E-state index contributed by atoms with van der Waals surface area (Å²) in [4.78, 5) is 26.4. The average molecular weight is 499 g/mol. The largest absolute Gasteiger partial charge is 0.493 e. The number of halogens is 2. The minimum absolute atomic E-state index is 0.0765. The van der Waals surface area contributed by atoms with Gasteiger partial charge in [0.05, 0.1) is 18.2 Å². The summed E-state index contributed by atoms with van der Waals surface area (Å²) in [6.45, 7) is 2.29. The Hall–Kier alpha value is -3.77. The van der Waals surface area contributed by atoms with Crippen molar-refractivity contribution in [3.63, 3.8) is 0 Å². The number of carbonyl (C=O) groups is 1. The smallest absolute Gasteiger partial charge is 0.387 e. The van der Waals surface area contributed by atoms with Crippen LogP contribution in [0, 0.1) is 16.7 Å². The van der Waals surface area contributed by atoms with Crippen LogP contribution in [0.3, 0.4) is 0 Å². The lowest BCUT2D eigenvalue weighted by atomic mass is 9.87. The topological polar surface area (TPSA) is 81.3 Å². The molecule has 0 unspecified atom stereocenters. The van der Waals surface area contributed by atoms with Gasteiger partial charge in [-0.15, -0.1) is 11.3 Å². The maximum atomic E-state index is 13.4. The van der Waals surface area contributed by atoms with Gasteiger partial charge in [-0.05, 0) is 29.3 Å².